The van der Waals surface area contributed by atoms with E-state index in [2.05, 4.69) is 84.9 Å². The zero-order chi connectivity index (χ0) is 17.6. The lowest BCUT2D eigenvalue weighted by Crippen LogP contribution is -2.14. The van der Waals surface area contributed by atoms with Crippen molar-refractivity contribution >= 4 is 0 Å². The molecule has 0 saturated carbocycles. The van der Waals surface area contributed by atoms with Crippen molar-refractivity contribution < 1.29 is 0 Å². The Labute approximate surface area is 147 Å². The van der Waals surface area contributed by atoms with E-state index < -0.39 is 0 Å². The van der Waals surface area contributed by atoms with Gasteiger partial charge in [-0.1, -0.05) is 54.5 Å². The second kappa shape index (κ2) is 6.24. The van der Waals surface area contributed by atoms with Crippen LogP contribution in [0, 0.1) is 47.5 Å². The molecule has 0 heterocycles. The van der Waals surface area contributed by atoms with Crippen LogP contribution in [0.25, 0.3) is 0 Å². The standard InChI is InChI=1S/C24H30/c1-14-10-16(3)23(17(4)11-14)21-8-9-22(20(21)7)24-18(5)12-15(2)13-19(24)6/h8-13,20-22H,1-7H3. The Morgan fingerprint density at radius 3 is 1.12 bits per heavy atom. The summed E-state index contributed by atoms with van der Waals surface area (Å²) in [5.41, 5.74) is 11.6. The fraction of sp³-hybridized carbons (Fsp3) is 0.417. The minimum atomic E-state index is 0.524. The largest absolute Gasteiger partial charge is 0.0801 e. The number of rotatable bonds is 2. The molecule has 2 unspecified atom stereocenters. The molecule has 0 amide bonds. The molecule has 0 N–H and O–H groups in total. The van der Waals surface area contributed by atoms with Crippen LogP contribution in [0.3, 0.4) is 0 Å². The van der Waals surface area contributed by atoms with E-state index in [0.717, 1.165) is 0 Å². The summed E-state index contributed by atoms with van der Waals surface area (Å²) in [7, 11) is 0. The minimum absolute atomic E-state index is 0.524. The summed E-state index contributed by atoms with van der Waals surface area (Å²) in [6.45, 7) is 15.9. The van der Waals surface area contributed by atoms with Gasteiger partial charge in [-0.15, -0.1) is 0 Å². The lowest BCUT2D eigenvalue weighted by Gasteiger charge is -2.27. The lowest BCUT2D eigenvalue weighted by atomic mass is 9.77. The molecule has 0 fully saturated rings. The average molecular weight is 319 g/mol. The van der Waals surface area contributed by atoms with Crippen molar-refractivity contribution in [3.05, 3.63) is 80.9 Å². The van der Waals surface area contributed by atoms with Crippen molar-refractivity contribution in [2.24, 2.45) is 5.92 Å². The van der Waals surface area contributed by atoms with Gasteiger partial charge in [-0.25, -0.2) is 0 Å². The predicted octanol–water partition coefficient (Wildman–Crippen LogP) is 6.61. The van der Waals surface area contributed by atoms with Gasteiger partial charge in [0.15, 0.2) is 0 Å². The Balaban J connectivity index is 2.01. The Morgan fingerprint density at radius 1 is 0.542 bits per heavy atom. The maximum absolute atomic E-state index is 2.46. The van der Waals surface area contributed by atoms with Crippen LogP contribution < -0.4 is 0 Å². The fourth-order valence-corrected chi connectivity index (χ4v) is 4.97. The molecule has 1 aliphatic carbocycles. The van der Waals surface area contributed by atoms with Crippen molar-refractivity contribution in [2.75, 3.05) is 0 Å². The van der Waals surface area contributed by atoms with Crippen LogP contribution in [-0.2, 0) is 0 Å². The second-order valence-electron chi connectivity index (χ2n) is 7.92. The molecule has 0 aromatic heterocycles. The molecule has 1 aliphatic rings. The highest BCUT2D eigenvalue weighted by atomic mass is 14.4. The first-order valence-electron chi connectivity index (χ1n) is 9.13. The summed E-state index contributed by atoms with van der Waals surface area (Å²) < 4.78 is 0. The molecule has 3 rings (SSSR count). The van der Waals surface area contributed by atoms with Gasteiger partial charge in [0.2, 0.25) is 0 Å². The van der Waals surface area contributed by atoms with E-state index in [4.69, 9.17) is 0 Å². The molecule has 0 aliphatic heterocycles. The van der Waals surface area contributed by atoms with Gasteiger partial charge in [0.1, 0.15) is 0 Å². The molecule has 24 heavy (non-hydrogen) atoms. The van der Waals surface area contributed by atoms with E-state index in [1.54, 1.807) is 0 Å². The number of hydrogen-bond acceptors (Lipinski definition) is 0. The SMILES string of the molecule is Cc1cc(C)c(C2C=CC(c3c(C)cc(C)cc3C)C2C)c(C)c1. The van der Waals surface area contributed by atoms with Crippen LogP contribution in [0.15, 0.2) is 36.4 Å². The maximum Gasteiger partial charge on any atom is 0.00579 e. The number of allylic oxidation sites excluding steroid dienone is 2. The Hall–Kier alpha value is -1.82. The van der Waals surface area contributed by atoms with Crippen LogP contribution in [0.5, 0.6) is 0 Å². The van der Waals surface area contributed by atoms with Gasteiger partial charge < -0.3 is 0 Å². The summed E-state index contributed by atoms with van der Waals surface area (Å²) in [6.07, 6.45) is 4.91. The van der Waals surface area contributed by atoms with Crippen LogP contribution in [0.2, 0.25) is 0 Å². The number of benzene rings is 2. The molecule has 2 aromatic carbocycles. The van der Waals surface area contributed by atoms with Gasteiger partial charge in [-0.3, -0.25) is 0 Å². The van der Waals surface area contributed by atoms with Crippen LogP contribution in [-0.4, -0.2) is 0 Å². The summed E-state index contributed by atoms with van der Waals surface area (Å²) in [5, 5.41) is 0. The number of hydrogen-bond donors (Lipinski definition) is 0. The first-order chi connectivity index (χ1) is 11.3. The molecular formula is C24H30. The lowest BCUT2D eigenvalue weighted by molar-refractivity contribution is 0.502. The highest BCUT2D eigenvalue weighted by molar-refractivity contribution is 5.48. The van der Waals surface area contributed by atoms with E-state index in [9.17, 15) is 0 Å². The van der Waals surface area contributed by atoms with E-state index in [1.165, 1.54) is 44.5 Å². The van der Waals surface area contributed by atoms with Crippen molar-refractivity contribution in [1.82, 2.24) is 0 Å². The second-order valence-corrected chi connectivity index (χ2v) is 7.92. The quantitative estimate of drug-likeness (QED) is 0.546. The van der Waals surface area contributed by atoms with Crippen molar-refractivity contribution in [2.45, 2.75) is 60.3 Å². The zero-order valence-electron chi connectivity index (χ0n) is 16.2. The van der Waals surface area contributed by atoms with E-state index in [0.29, 0.717) is 17.8 Å². The first-order valence-corrected chi connectivity index (χ1v) is 9.13. The molecule has 0 radical (unpaired) electrons. The average Bonchev–Trinajstić information content (AvgIpc) is 2.79. The summed E-state index contributed by atoms with van der Waals surface area (Å²) >= 11 is 0. The third-order valence-electron chi connectivity index (χ3n) is 5.80. The molecule has 0 heteroatoms. The van der Waals surface area contributed by atoms with Crippen molar-refractivity contribution in [3.8, 4) is 0 Å². The van der Waals surface area contributed by atoms with Gasteiger partial charge >= 0.3 is 0 Å². The van der Waals surface area contributed by atoms with E-state index >= 15 is 0 Å². The third kappa shape index (κ3) is 2.83. The van der Waals surface area contributed by atoms with Gasteiger partial charge in [0.05, 0.1) is 0 Å². The highest BCUT2D eigenvalue weighted by Gasteiger charge is 2.33. The Kier molecular flexibility index (Phi) is 4.42. The maximum atomic E-state index is 2.46. The third-order valence-corrected chi connectivity index (χ3v) is 5.80. The molecule has 0 saturated heterocycles. The zero-order valence-corrected chi connectivity index (χ0v) is 16.2. The molecular weight excluding hydrogens is 288 g/mol. The van der Waals surface area contributed by atoms with E-state index in [1.807, 2.05) is 0 Å². The van der Waals surface area contributed by atoms with Crippen molar-refractivity contribution in [1.29, 1.82) is 0 Å². The molecule has 0 spiro atoms. The van der Waals surface area contributed by atoms with Crippen LogP contribution in [0.1, 0.15) is 63.3 Å². The number of aryl methyl sites for hydroxylation is 6. The highest BCUT2D eigenvalue weighted by Crippen LogP contribution is 2.46. The monoisotopic (exact) mass is 318 g/mol. The van der Waals surface area contributed by atoms with Crippen LogP contribution in [0.4, 0.5) is 0 Å². The van der Waals surface area contributed by atoms with Gasteiger partial charge in [0.25, 0.3) is 0 Å². The first kappa shape index (κ1) is 17.0. The van der Waals surface area contributed by atoms with E-state index in [-0.39, 0.29) is 0 Å². The normalized spacial score (nSPS) is 23.0. The van der Waals surface area contributed by atoms with Gasteiger partial charge in [-0.05, 0) is 80.8 Å². The Morgan fingerprint density at radius 2 is 0.833 bits per heavy atom. The van der Waals surface area contributed by atoms with Gasteiger partial charge in [0, 0.05) is 11.8 Å². The molecule has 2 aromatic rings. The minimum Gasteiger partial charge on any atom is -0.0801 e. The predicted molar refractivity (Wildman–Crippen MR) is 105 cm³/mol. The topological polar surface area (TPSA) is 0 Å². The Bertz CT molecular complexity index is 693. The fourth-order valence-electron chi connectivity index (χ4n) is 4.97. The smallest absolute Gasteiger partial charge is 0.00579 e. The summed E-state index contributed by atoms with van der Waals surface area (Å²) in [4.78, 5) is 0. The van der Waals surface area contributed by atoms with Gasteiger partial charge in [-0.2, -0.15) is 0 Å². The van der Waals surface area contributed by atoms with Crippen LogP contribution >= 0.6 is 0 Å². The molecule has 0 nitrogen and oxygen atoms in total. The molecule has 0 bridgehead atoms. The summed E-state index contributed by atoms with van der Waals surface area (Å²) in [5.74, 6) is 1.65. The molecule has 2 atom stereocenters. The summed E-state index contributed by atoms with van der Waals surface area (Å²) in [6, 6.07) is 9.33. The van der Waals surface area contributed by atoms with Crippen molar-refractivity contribution in [3.63, 3.8) is 0 Å². The molecule has 126 valence electrons.